The van der Waals surface area contributed by atoms with E-state index in [-0.39, 0.29) is 17.9 Å². The molecular weight excluding hydrogens is 414 g/mol. The number of methoxy groups -OCH3 is 1. The Morgan fingerprint density at radius 1 is 0.879 bits per heavy atom. The van der Waals surface area contributed by atoms with Crippen molar-refractivity contribution in [3.05, 3.63) is 96.1 Å². The van der Waals surface area contributed by atoms with E-state index in [1.165, 1.54) is 0 Å². The maximum atomic E-state index is 13.6. The number of anilines is 1. The first-order valence-corrected chi connectivity index (χ1v) is 11.2. The van der Waals surface area contributed by atoms with Crippen molar-refractivity contribution < 1.29 is 19.1 Å². The van der Waals surface area contributed by atoms with Gasteiger partial charge in [-0.05, 0) is 56.5 Å². The number of nitrogens with one attached hydrogen (secondary N) is 1. The molecule has 0 fully saturated rings. The lowest BCUT2D eigenvalue weighted by Crippen LogP contribution is -2.45. The van der Waals surface area contributed by atoms with Crippen LogP contribution in [0.1, 0.15) is 49.0 Å². The molecule has 5 heteroatoms. The molecule has 0 amide bonds. The summed E-state index contributed by atoms with van der Waals surface area (Å²) < 4.78 is 11.0. The molecule has 0 aliphatic carbocycles. The van der Waals surface area contributed by atoms with Crippen molar-refractivity contribution in [3.63, 3.8) is 0 Å². The quantitative estimate of drug-likeness (QED) is 0.289. The Kier molecular flexibility index (Phi) is 8.25. The Morgan fingerprint density at radius 2 is 1.48 bits per heavy atom. The second-order valence-corrected chi connectivity index (χ2v) is 8.22. The third-order valence-electron chi connectivity index (χ3n) is 5.46. The number of benzene rings is 3. The topological polar surface area (TPSA) is 64.6 Å². The highest BCUT2D eigenvalue weighted by Gasteiger charge is 2.42. The zero-order chi connectivity index (χ0) is 23.7. The molecule has 0 unspecified atom stereocenters. The summed E-state index contributed by atoms with van der Waals surface area (Å²) in [5, 5.41) is 3.44. The molecule has 0 heterocycles. The summed E-state index contributed by atoms with van der Waals surface area (Å²) in [6.45, 7) is 3.67. The number of ether oxygens (including phenoxy) is 2. The van der Waals surface area contributed by atoms with Crippen molar-refractivity contribution in [1.29, 1.82) is 0 Å². The van der Waals surface area contributed by atoms with Gasteiger partial charge in [-0.2, -0.15) is 0 Å². The van der Waals surface area contributed by atoms with Gasteiger partial charge in [-0.1, -0.05) is 60.7 Å². The molecule has 172 valence electrons. The molecule has 3 aromatic carbocycles. The van der Waals surface area contributed by atoms with E-state index in [0.717, 1.165) is 17.0 Å². The summed E-state index contributed by atoms with van der Waals surface area (Å²) in [6.07, 6.45) is 0.966. The molecule has 0 spiro atoms. The highest BCUT2D eigenvalue weighted by molar-refractivity contribution is 5.96. The van der Waals surface area contributed by atoms with Crippen LogP contribution in [0.5, 0.6) is 5.75 Å². The lowest BCUT2D eigenvalue weighted by molar-refractivity contribution is -0.153. The van der Waals surface area contributed by atoms with E-state index in [9.17, 15) is 9.59 Å². The molecule has 0 saturated heterocycles. The number of Topliss-reactive ketones (excluding diaryl/α,β-unsaturated/α-hetero) is 1. The van der Waals surface area contributed by atoms with Crippen LogP contribution in [0.4, 0.5) is 5.69 Å². The fourth-order valence-corrected chi connectivity index (χ4v) is 3.79. The van der Waals surface area contributed by atoms with Crippen LogP contribution in [0.25, 0.3) is 0 Å². The highest BCUT2D eigenvalue weighted by atomic mass is 16.5. The number of rotatable bonds is 11. The summed E-state index contributed by atoms with van der Waals surface area (Å²) in [7, 11) is 1.61. The van der Waals surface area contributed by atoms with E-state index < -0.39 is 5.54 Å². The molecule has 5 nitrogen and oxygen atoms in total. The predicted octanol–water partition coefficient (Wildman–Crippen LogP) is 6.01. The van der Waals surface area contributed by atoms with Crippen molar-refractivity contribution in [2.24, 2.45) is 0 Å². The van der Waals surface area contributed by atoms with Crippen molar-refractivity contribution in [1.82, 2.24) is 0 Å². The van der Waals surface area contributed by atoms with E-state index in [1.807, 2.05) is 98.8 Å². The Morgan fingerprint density at radius 3 is 2.06 bits per heavy atom. The summed E-state index contributed by atoms with van der Waals surface area (Å²) in [4.78, 5) is 26.2. The summed E-state index contributed by atoms with van der Waals surface area (Å²) in [6, 6.07) is 26.2. The molecule has 0 bridgehead atoms. The minimum absolute atomic E-state index is 0.0548. The Balaban J connectivity index is 1.92. The third-order valence-corrected chi connectivity index (χ3v) is 5.46. The lowest BCUT2D eigenvalue weighted by Gasteiger charge is -2.35. The second kappa shape index (κ2) is 11.3. The van der Waals surface area contributed by atoms with Crippen LogP contribution < -0.4 is 10.1 Å². The fourth-order valence-electron chi connectivity index (χ4n) is 3.79. The number of carbonyl (C=O) groups excluding carboxylic acids is 2. The van der Waals surface area contributed by atoms with Gasteiger partial charge in [0.05, 0.1) is 13.2 Å². The van der Waals surface area contributed by atoms with Crippen LogP contribution >= 0.6 is 0 Å². The van der Waals surface area contributed by atoms with Gasteiger partial charge in [-0.25, -0.2) is 4.79 Å². The smallest absolute Gasteiger partial charge is 0.336 e. The van der Waals surface area contributed by atoms with E-state index in [2.05, 4.69) is 5.32 Å². The molecule has 0 aliphatic heterocycles. The molecule has 1 N–H and O–H groups in total. The van der Waals surface area contributed by atoms with E-state index in [1.54, 1.807) is 7.11 Å². The van der Waals surface area contributed by atoms with E-state index in [0.29, 0.717) is 24.8 Å². The molecule has 0 radical (unpaired) electrons. The molecule has 33 heavy (non-hydrogen) atoms. The van der Waals surface area contributed by atoms with Gasteiger partial charge in [0.25, 0.3) is 0 Å². The average Bonchev–Trinajstić information content (AvgIpc) is 2.84. The Hall–Kier alpha value is -3.60. The molecule has 0 aromatic heterocycles. The number of ketones is 1. The number of esters is 1. The fraction of sp³-hybridized carbons (Fsp3) is 0.286. The van der Waals surface area contributed by atoms with Gasteiger partial charge in [0.15, 0.2) is 11.3 Å². The van der Waals surface area contributed by atoms with Crippen molar-refractivity contribution in [2.45, 2.75) is 44.8 Å². The van der Waals surface area contributed by atoms with Crippen LogP contribution in [-0.2, 0) is 15.1 Å². The maximum Gasteiger partial charge on any atom is 0.336 e. The first-order chi connectivity index (χ1) is 15.9. The number of carbonyl (C=O) groups is 2. The molecule has 0 aliphatic rings. The molecule has 1 atom stereocenters. The summed E-state index contributed by atoms with van der Waals surface area (Å²) in [5.41, 5.74) is 1.08. The standard InChI is InChI=1S/C28H31NO4/c1-21(2)33-27(31)28(23-13-8-5-9-14-23,29-24-16-18-25(32-3)19-17-24)20-10-15-26(30)22-11-6-4-7-12-22/h4-9,11-14,16-19,21,29H,10,15,20H2,1-3H3/t28-/m0/s1. The SMILES string of the molecule is COc1ccc(N[C@](CCCC(=O)c2ccccc2)(C(=O)OC(C)C)c2ccccc2)cc1. The molecular formula is C28H31NO4. The van der Waals surface area contributed by atoms with Gasteiger partial charge in [-0.15, -0.1) is 0 Å². The normalized spacial score (nSPS) is 12.6. The van der Waals surface area contributed by atoms with E-state index in [4.69, 9.17) is 9.47 Å². The Bertz CT molecular complexity index is 1030. The van der Waals surface area contributed by atoms with E-state index >= 15 is 0 Å². The van der Waals surface area contributed by atoms with Crippen LogP contribution in [0.15, 0.2) is 84.9 Å². The van der Waals surface area contributed by atoms with Crippen LogP contribution in [-0.4, -0.2) is 25.0 Å². The van der Waals surface area contributed by atoms with Crippen molar-refractivity contribution >= 4 is 17.4 Å². The molecule has 3 rings (SSSR count). The zero-order valence-corrected chi connectivity index (χ0v) is 19.4. The molecule has 3 aromatic rings. The number of hydrogen-bond donors (Lipinski definition) is 1. The monoisotopic (exact) mass is 445 g/mol. The first kappa shape index (κ1) is 24.1. The number of hydrogen-bond acceptors (Lipinski definition) is 5. The van der Waals surface area contributed by atoms with Crippen molar-refractivity contribution in [2.75, 3.05) is 12.4 Å². The predicted molar refractivity (Wildman–Crippen MR) is 131 cm³/mol. The lowest BCUT2D eigenvalue weighted by atomic mass is 9.83. The van der Waals surface area contributed by atoms with Gasteiger partial charge < -0.3 is 14.8 Å². The first-order valence-electron chi connectivity index (χ1n) is 11.2. The Labute approximate surface area is 195 Å². The van der Waals surface area contributed by atoms with Gasteiger partial charge in [0, 0.05) is 17.7 Å². The minimum Gasteiger partial charge on any atom is -0.497 e. The highest BCUT2D eigenvalue weighted by Crippen LogP contribution is 2.34. The largest absolute Gasteiger partial charge is 0.497 e. The minimum atomic E-state index is -1.14. The zero-order valence-electron chi connectivity index (χ0n) is 19.4. The summed E-state index contributed by atoms with van der Waals surface area (Å²) >= 11 is 0. The van der Waals surface area contributed by atoms with Crippen molar-refractivity contribution in [3.8, 4) is 5.75 Å². The van der Waals surface area contributed by atoms with Crippen LogP contribution in [0.2, 0.25) is 0 Å². The summed E-state index contributed by atoms with van der Waals surface area (Å²) in [5.74, 6) is 0.412. The second-order valence-electron chi connectivity index (χ2n) is 8.22. The molecule has 0 saturated carbocycles. The third kappa shape index (κ3) is 6.22. The van der Waals surface area contributed by atoms with Gasteiger partial charge in [0.1, 0.15) is 5.75 Å². The van der Waals surface area contributed by atoms with Crippen LogP contribution in [0.3, 0.4) is 0 Å². The van der Waals surface area contributed by atoms with Gasteiger partial charge in [-0.3, -0.25) is 4.79 Å². The van der Waals surface area contributed by atoms with Crippen LogP contribution in [0, 0.1) is 0 Å². The van der Waals surface area contributed by atoms with Gasteiger partial charge in [0.2, 0.25) is 0 Å². The van der Waals surface area contributed by atoms with Gasteiger partial charge >= 0.3 is 5.97 Å². The average molecular weight is 446 g/mol. The maximum absolute atomic E-state index is 13.6.